The third-order valence-corrected chi connectivity index (χ3v) is 3.32. The van der Waals surface area contributed by atoms with Crippen molar-refractivity contribution in [2.75, 3.05) is 0 Å². The van der Waals surface area contributed by atoms with E-state index < -0.39 is 0 Å². The van der Waals surface area contributed by atoms with Crippen LogP contribution in [0.15, 0.2) is 30.3 Å². The number of aryl methyl sites for hydroxylation is 1. The van der Waals surface area contributed by atoms with Gasteiger partial charge in [-0.15, -0.1) is 0 Å². The minimum absolute atomic E-state index is 0.820. The quantitative estimate of drug-likeness (QED) is 0.677. The highest BCUT2D eigenvalue weighted by molar-refractivity contribution is 6.35. The lowest BCUT2D eigenvalue weighted by molar-refractivity contribution is 0.661. The fraction of sp³-hybridized carbons (Fsp3) is 0.400. The molecule has 0 aliphatic heterocycles. The maximum Gasteiger partial charge on any atom is 0.0720 e. The number of hydrogen-bond acceptors (Lipinski definition) is 1. The Morgan fingerprint density at radius 3 is 2.76 bits per heavy atom. The van der Waals surface area contributed by atoms with Crippen molar-refractivity contribution in [3.8, 4) is 0 Å². The average molecular weight is 248 g/mol. The summed E-state index contributed by atoms with van der Waals surface area (Å²) in [5, 5.41) is 1.87. The first-order valence-corrected chi connectivity index (χ1v) is 6.73. The molecule has 1 heterocycles. The van der Waals surface area contributed by atoms with Gasteiger partial charge in [0.2, 0.25) is 0 Å². The van der Waals surface area contributed by atoms with Crippen LogP contribution in [0.2, 0.25) is 5.02 Å². The summed E-state index contributed by atoms with van der Waals surface area (Å²) in [6.45, 7) is 2.23. The van der Waals surface area contributed by atoms with Gasteiger partial charge >= 0.3 is 0 Å². The van der Waals surface area contributed by atoms with E-state index in [1.165, 1.54) is 25.7 Å². The summed E-state index contributed by atoms with van der Waals surface area (Å²) in [7, 11) is 0. The van der Waals surface area contributed by atoms with Crippen molar-refractivity contribution < 1.29 is 0 Å². The SMILES string of the molecule is CCCCCCc1cc(Cl)c2ccccc2n1. The Morgan fingerprint density at radius 1 is 1.12 bits per heavy atom. The molecule has 0 saturated heterocycles. The maximum absolute atomic E-state index is 6.26. The third-order valence-electron chi connectivity index (χ3n) is 3.01. The van der Waals surface area contributed by atoms with Crippen LogP contribution >= 0.6 is 11.6 Å². The molecule has 0 spiro atoms. The molecule has 2 aromatic rings. The van der Waals surface area contributed by atoms with Crippen molar-refractivity contribution in [1.29, 1.82) is 0 Å². The van der Waals surface area contributed by atoms with Gasteiger partial charge in [-0.1, -0.05) is 56.0 Å². The zero-order chi connectivity index (χ0) is 12.1. The van der Waals surface area contributed by atoms with Crippen LogP contribution in [-0.2, 0) is 6.42 Å². The molecule has 0 bridgehead atoms. The zero-order valence-corrected chi connectivity index (χ0v) is 11.0. The molecule has 2 rings (SSSR count). The Bertz CT molecular complexity index is 493. The van der Waals surface area contributed by atoms with Gasteiger partial charge in [-0.25, -0.2) is 0 Å². The van der Waals surface area contributed by atoms with Crippen molar-refractivity contribution in [2.24, 2.45) is 0 Å². The molecule has 0 amide bonds. The number of rotatable bonds is 5. The van der Waals surface area contributed by atoms with E-state index in [9.17, 15) is 0 Å². The highest BCUT2D eigenvalue weighted by Gasteiger charge is 2.03. The number of pyridine rings is 1. The summed E-state index contributed by atoms with van der Waals surface area (Å²) in [5.74, 6) is 0. The predicted octanol–water partition coefficient (Wildman–Crippen LogP) is 5.01. The summed E-state index contributed by atoms with van der Waals surface area (Å²) < 4.78 is 0. The Hall–Kier alpha value is -1.08. The smallest absolute Gasteiger partial charge is 0.0720 e. The molecule has 0 radical (unpaired) electrons. The van der Waals surface area contributed by atoms with Gasteiger partial charge < -0.3 is 0 Å². The first-order chi connectivity index (χ1) is 8.31. The molecule has 0 atom stereocenters. The Labute approximate surface area is 108 Å². The van der Waals surface area contributed by atoms with Crippen LogP contribution in [0.4, 0.5) is 0 Å². The van der Waals surface area contributed by atoms with Gasteiger partial charge in [-0.05, 0) is 25.0 Å². The van der Waals surface area contributed by atoms with Gasteiger partial charge in [0.1, 0.15) is 0 Å². The second-order valence-corrected chi connectivity index (χ2v) is 4.83. The normalized spacial score (nSPS) is 10.9. The minimum Gasteiger partial charge on any atom is -0.253 e. The molecule has 2 heteroatoms. The number of halogens is 1. The van der Waals surface area contributed by atoms with Gasteiger partial charge in [0.05, 0.1) is 10.5 Å². The fourth-order valence-corrected chi connectivity index (χ4v) is 2.33. The molecule has 17 heavy (non-hydrogen) atoms. The van der Waals surface area contributed by atoms with E-state index in [1.54, 1.807) is 0 Å². The van der Waals surface area contributed by atoms with E-state index in [2.05, 4.69) is 11.9 Å². The van der Waals surface area contributed by atoms with Crippen molar-refractivity contribution >= 4 is 22.5 Å². The maximum atomic E-state index is 6.26. The predicted molar refractivity (Wildman–Crippen MR) is 74.6 cm³/mol. The summed E-state index contributed by atoms with van der Waals surface area (Å²) in [5.41, 5.74) is 2.12. The molecule has 0 saturated carbocycles. The van der Waals surface area contributed by atoms with Gasteiger partial charge in [0.15, 0.2) is 0 Å². The van der Waals surface area contributed by atoms with Gasteiger partial charge in [-0.2, -0.15) is 0 Å². The van der Waals surface area contributed by atoms with E-state index in [4.69, 9.17) is 11.6 Å². The molecule has 90 valence electrons. The molecular formula is C15H18ClN. The lowest BCUT2D eigenvalue weighted by Gasteiger charge is -2.05. The molecule has 1 aromatic heterocycles. The molecule has 0 aliphatic rings. The third kappa shape index (κ3) is 3.19. The number of benzene rings is 1. The first-order valence-electron chi connectivity index (χ1n) is 6.35. The summed E-state index contributed by atoms with van der Waals surface area (Å²) >= 11 is 6.26. The lowest BCUT2D eigenvalue weighted by Crippen LogP contribution is -1.92. The average Bonchev–Trinajstić information content (AvgIpc) is 2.35. The molecule has 0 fully saturated rings. The van der Waals surface area contributed by atoms with Crippen LogP contribution in [0.5, 0.6) is 0 Å². The van der Waals surface area contributed by atoms with Crippen molar-refractivity contribution in [3.05, 3.63) is 41.0 Å². The number of fused-ring (bicyclic) bond motifs is 1. The Morgan fingerprint density at radius 2 is 1.94 bits per heavy atom. The fourth-order valence-electron chi connectivity index (χ4n) is 2.05. The highest BCUT2D eigenvalue weighted by atomic mass is 35.5. The van der Waals surface area contributed by atoms with E-state index in [0.717, 1.165) is 28.0 Å². The number of hydrogen-bond donors (Lipinski definition) is 0. The minimum atomic E-state index is 0.820. The number of nitrogens with zero attached hydrogens (tertiary/aromatic N) is 1. The topological polar surface area (TPSA) is 12.9 Å². The second-order valence-electron chi connectivity index (χ2n) is 4.42. The van der Waals surface area contributed by atoms with Gasteiger partial charge in [0.25, 0.3) is 0 Å². The van der Waals surface area contributed by atoms with Crippen LogP contribution in [0.3, 0.4) is 0 Å². The summed E-state index contributed by atoms with van der Waals surface area (Å²) in [6, 6.07) is 10.1. The molecule has 0 unspecified atom stereocenters. The molecule has 1 nitrogen and oxygen atoms in total. The van der Waals surface area contributed by atoms with Crippen molar-refractivity contribution in [3.63, 3.8) is 0 Å². The molecule has 0 N–H and O–H groups in total. The summed E-state index contributed by atoms with van der Waals surface area (Å²) in [4.78, 5) is 4.65. The second kappa shape index (κ2) is 6.02. The van der Waals surface area contributed by atoms with Gasteiger partial charge in [0, 0.05) is 11.1 Å². The van der Waals surface area contributed by atoms with Gasteiger partial charge in [-0.3, -0.25) is 4.98 Å². The van der Waals surface area contributed by atoms with Crippen LogP contribution in [0.1, 0.15) is 38.3 Å². The van der Waals surface area contributed by atoms with Crippen LogP contribution in [-0.4, -0.2) is 4.98 Å². The number of para-hydroxylation sites is 1. The number of aromatic nitrogens is 1. The molecule has 0 aliphatic carbocycles. The van der Waals surface area contributed by atoms with Crippen molar-refractivity contribution in [2.45, 2.75) is 39.0 Å². The Kier molecular flexibility index (Phi) is 4.38. The van der Waals surface area contributed by atoms with Crippen LogP contribution in [0.25, 0.3) is 10.9 Å². The largest absolute Gasteiger partial charge is 0.253 e. The van der Waals surface area contributed by atoms with E-state index in [-0.39, 0.29) is 0 Å². The Balaban J connectivity index is 2.13. The highest BCUT2D eigenvalue weighted by Crippen LogP contribution is 2.23. The molecular weight excluding hydrogens is 230 g/mol. The van der Waals surface area contributed by atoms with Crippen molar-refractivity contribution in [1.82, 2.24) is 4.98 Å². The van der Waals surface area contributed by atoms with Crippen LogP contribution < -0.4 is 0 Å². The monoisotopic (exact) mass is 247 g/mol. The zero-order valence-electron chi connectivity index (χ0n) is 10.2. The first kappa shape index (κ1) is 12.4. The van der Waals surface area contributed by atoms with E-state index in [0.29, 0.717) is 0 Å². The van der Waals surface area contributed by atoms with E-state index in [1.807, 2.05) is 30.3 Å². The van der Waals surface area contributed by atoms with E-state index >= 15 is 0 Å². The lowest BCUT2D eigenvalue weighted by atomic mass is 10.1. The number of unbranched alkanes of at least 4 members (excludes halogenated alkanes) is 3. The van der Waals surface area contributed by atoms with Crippen LogP contribution in [0, 0.1) is 0 Å². The summed E-state index contributed by atoms with van der Waals surface area (Å²) in [6.07, 6.45) is 6.09. The molecule has 1 aromatic carbocycles. The standard InChI is InChI=1S/C15H18ClN/c1-2-3-4-5-8-12-11-14(16)13-9-6-7-10-15(13)17-12/h6-7,9-11H,2-5,8H2,1H3.